The van der Waals surface area contributed by atoms with E-state index in [0.29, 0.717) is 22.4 Å². The van der Waals surface area contributed by atoms with Gasteiger partial charge in [0.25, 0.3) is 5.91 Å². The van der Waals surface area contributed by atoms with Crippen molar-refractivity contribution in [2.24, 2.45) is 0 Å². The fourth-order valence-corrected chi connectivity index (χ4v) is 2.10. The monoisotopic (exact) mass is 317 g/mol. The molecule has 1 amide bonds. The number of aryl methyl sites for hydroxylation is 1. The number of carbonyl (C=O) groups is 1. The van der Waals surface area contributed by atoms with E-state index in [4.69, 9.17) is 16.1 Å². The summed E-state index contributed by atoms with van der Waals surface area (Å²) in [5.41, 5.74) is 1.14. The zero-order valence-corrected chi connectivity index (χ0v) is 12.3. The number of nitrogens with one attached hydrogen (secondary N) is 2. The summed E-state index contributed by atoms with van der Waals surface area (Å²) >= 11 is 5.90. The molecule has 0 saturated heterocycles. The van der Waals surface area contributed by atoms with E-state index in [2.05, 4.69) is 25.7 Å². The number of hydrogen-bond donors (Lipinski definition) is 2. The van der Waals surface area contributed by atoms with Crippen molar-refractivity contribution < 1.29 is 9.32 Å². The minimum Gasteiger partial charge on any atom is -0.340 e. The molecule has 0 unspecified atom stereocenters. The van der Waals surface area contributed by atoms with E-state index in [0.717, 1.165) is 5.56 Å². The molecule has 0 aliphatic heterocycles. The number of carbonyl (C=O) groups excluding carboxylic acids is 1. The van der Waals surface area contributed by atoms with Gasteiger partial charge in [-0.05, 0) is 23.8 Å². The summed E-state index contributed by atoms with van der Waals surface area (Å²) in [7, 11) is 0. The summed E-state index contributed by atoms with van der Waals surface area (Å²) in [6.07, 6.45) is 1.50. The minimum atomic E-state index is -0.550. The molecule has 1 aromatic carbocycles. The number of benzene rings is 1. The standard InChI is InChI=1S/C14H12ClN5O2/c1-8-17-13(20-22-8)12(9-2-4-10(15)5-3-9)18-14(21)11-6-7-16-19-11/h2-7,12H,1H3,(H,16,19)(H,18,21)/t12-/m1/s1. The van der Waals surface area contributed by atoms with E-state index in [1.807, 2.05) is 0 Å². The van der Waals surface area contributed by atoms with Crippen LogP contribution in [0.5, 0.6) is 0 Å². The van der Waals surface area contributed by atoms with Crippen molar-refractivity contribution in [1.29, 1.82) is 0 Å². The molecule has 0 aliphatic carbocycles. The van der Waals surface area contributed by atoms with Gasteiger partial charge in [0.1, 0.15) is 11.7 Å². The SMILES string of the molecule is Cc1nc([C@H](NC(=O)c2ccn[nH]2)c2ccc(Cl)cc2)no1. The molecule has 3 aromatic rings. The first kappa shape index (κ1) is 14.3. The largest absolute Gasteiger partial charge is 0.340 e. The molecule has 0 fully saturated rings. The number of amides is 1. The van der Waals surface area contributed by atoms with Gasteiger partial charge in [-0.25, -0.2) is 0 Å². The van der Waals surface area contributed by atoms with Gasteiger partial charge in [0, 0.05) is 18.1 Å². The van der Waals surface area contributed by atoms with Gasteiger partial charge in [0.05, 0.1) is 0 Å². The van der Waals surface area contributed by atoms with Gasteiger partial charge in [0.15, 0.2) is 5.82 Å². The fraction of sp³-hybridized carbons (Fsp3) is 0.143. The minimum absolute atomic E-state index is 0.320. The van der Waals surface area contributed by atoms with Crippen LogP contribution in [-0.4, -0.2) is 26.2 Å². The highest BCUT2D eigenvalue weighted by atomic mass is 35.5. The third-order valence-electron chi connectivity index (χ3n) is 3.03. The van der Waals surface area contributed by atoms with Crippen molar-refractivity contribution in [3.63, 3.8) is 0 Å². The second-order valence-electron chi connectivity index (χ2n) is 4.60. The van der Waals surface area contributed by atoms with E-state index in [1.54, 1.807) is 37.3 Å². The lowest BCUT2D eigenvalue weighted by atomic mass is 10.1. The van der Waals surface area contributed by atoms with Crippen molar-refractivity contribution in [3.05, 3.63) is 64.5 Å². The van der Waals surface area contributed by atoms with Crippen LogP contribution >= 0.6 is 11.6 Å². The zero-order valence-electron chi connectivity index (χ0n) is 11.6. The van der Waals surface area contributed by atoms with Gasteiger partial charge in [-0.15, -0.1) is 0 Å². The molecule has 22 heavy (non-hydrogen) atoms. The summed E-state index contributed by atoms with van der Waals surface area (Å²) < 4.78 is 5.00. The summed E-state index contributed by atoms with van der Waals surface area (Å²) in [6.45, 7) is 1.69. The summed E-state index contributed by atoms with van der Waals surface area (Å²) in [6, 6.07) is 8.09. The highest BCUT2D eigenvalue weighted by molar-refractivity contribution is 6.30. The first-order valence-electron chi connectivity index (χ1n) is 6.49. The fourth-order valence-electron chi connectivity index (χ4n) is 1.98. The van der Waals surface area contributed by atoms with Crippen molar-refractivity contribution in [1.82, 2.24) is 25.7 Å². The molecule has 2 heterocycles. The summed E-state index contributed by atoms with van der Waals surface area (Å²) in [4.78, 5) is 16.4. The van der Waals surface area contributed by atoms with Crippen LogP contribution < -0.4 is 5.32 Å². The van der Waals surface area contributed by atoms with E-state index >= 15 is 0 Å². The van der Waals surface area contributed by atoms with Crippen LogP contribution in [0, 0.1) is 6.92 Å². The predicted molar refractivity (Wildman–Crippen MR) is 78.4 cm³/mol. The van der Waals surface area contributed by atoms with Gasteiger partial charge >= 0.3 is 0 Å². The lowest BCUT2D eigenvalue weighted by Gasteiger charge is -2.15. The van der Waals surface area contributed by atoms with Crippen LogP contribution in [0.1, 0.15) is 33.8 Å². The predicted octanol–water partition coefficient (Wildman–Crippen LogP) is 2.27. The second kappa shape index (κ2) is 5.98. The first-order valence-corrected chi connectivity index (χ1v) is 6.87. The number of rotatable bonds is 4. The Morgan fingerprint density at radius 3 is 2.68 bits per heavy atom. The number of aromatic amines is 1. The van der Waals surface area contributed by atoms with Crippen LogP contribution in [-0.2, 0) is 0 Å². The molecular weight excluding hydrogens is 306 g/mol. The molecule has 3 rings (SSSR count). The Balaban J connectivity index is 1.92. The highest BCUT2D eigenvalue weighted by Crippen LogP contribution is 2.22. The molecule has 112 valence electrons. The number of aromatic nitrogens is 4. The number of H-pyrrole nitrogens is 1. The molecule has 2 N–H and O–H groups in total. The lowest BCUT2D eigenvalue weighted by Crippen LogP contribution is -2.30. The summed E-state index contributed by atoms with van der Waals surface area (Å²) in [5.74, 6) is 0.470. The Bertz CT molecular complexity index is 767. The maximum Gasteiger partial charge on any atom is 0.270 e. The molecule has 7 nitrogen and oxygen atoms in total. The Morgan fingerprint density at radius 1 is 1.32 bits per heavy atom. The quantitative estimate of drug-likeness (QED) is 0.769. The van der Waals surface area contributed by atoms with Crippen molar-refractivity contribution >= 4 is 17.5 Å². The van der Waals surface area contributed by atoms with Gasteiger partial charge in [0.2, 0.25) is 5.89 Å². The average Bonchev–Trinajstić information content (AvgIpc) is 3.17. The molecule has 0 saturated carbocycles. The summed E-state index contributed by atoms with van der Waals surface area (Å²) in [5, 5.41) is 13.7. The van der Waals surface area contributed by atoms with Gasteiger partial charge in [-0.2, -0.15) is 10.1 Å². The molecule has 2 aromatic heterocycles. The van der Waals surface area contributed by atoms with Crippen LogP contribution in [0.3, 0.4) is 0 Å². The Kier molecular flexibility index (Phi) is 3.88. The molecule has 0 bridgehead atoms. The Labute approximate surface area is 130 Å². The number of nitrogens with zero attached hydrogens (tertiary/aromatic N) is 3. The number of halogens is 1. The first-order chi connectivity index (χ1) is 10.6. The molecule has 0 aliphatic rings. The third-order valence-corrected chi connectivity index (χ3v) is 3.28. The second-order valence-corrected chi connectivity index (χ2v) is 5.04. The van der Waals surface area contributed by atoms with Crippen molar-refractivity contribution in [2.45, 2.75) is 13.0 Å². The van der Waals surface area contributed by atoms with Crippen LogP contribution in [0.15, 0.2) is 41.1 Å². The average molecular weight is 318 g/mol. The topological polar surface area (TPSA) is 96.7 Å². The molecule has 0 radical (unpaired) electrons. The van der Waals surface area contributed by atoms with Gasteiger partial charge in [-0.3, -0.25) is 9.89 Å². The molecule has 8 heteroatoms. The smallest absolute Gasteiger partial charge is 0.270 e. The number of hydrogen-bond acceptors (Lipinski definition) is 5. The lowest BCUT2D eigenvalue weighted by molar-refractivity contribution is 0.0936. The van der Waals surface area contributed by atoms with E-state index in [-0.39, 0.29) is 5.91 Å². The van der Waals surface area contributed by atoms with E-state index in [1.165, 1.54) is 6.20 Å². The third kappa shape index (κ3) is 2.99. The highest BCUT2D eigenvalue weighted by Gasteiger charge is 2.23. The Hall–Kier alpha value is -2.67. The van der Waals surface area contributed by atoms with Gasteiger partial charge < -0.3 is 9.84 Å². The van der Waals surface area contributed by atoms with E-state index in [9.17, 15) is 4.79 Å². The Morgan fingerprint density at radius 2 is 2.09 bits per heavy atom. The van der Waals surface area contributed by atoms with Crippen molar-refractivity contribution in [2.75, 3.05) is 0 Å². The molecule has 0 spiro atoms. The normalized spacial score (nSPS) is 12.1. The molecule has 1 atom stereocenters. The maximum atomic E-state index is 12.2. The van der Waals surface area contributed by atoms with Crippen molar-refractivity contribution in [3.8, 4) is 0 Å². The van der Waals surface area contributed by atoms with Gasteiger partial charge in [-0.1, -0.05) is 28.9 Å². The van der Waals surface area contributed by atoms with Crippen LogP contribution in [0.25, 0.3) is 0 Å². The zero-order chi connectivity index (χ0) is 15.5. The molecular formula is C14H12ClN5O2. The van der Waals surface area contributed by atoms with E-state index < -0.39 is 6.04 Å². The maximum absolute atomic E-state index is 12.2. The van der Waals surface area contributed by atoms with Crippen LogP contribution in [0.2, 0.25) is 5.02 Å². The van der Waals surface area contributed by atoms with Crippen LogP contribution in [0.4, 0.5) is 0 Å².